The molecule has 0 aliphatic heterocycles. The van der Waals surface area contributed by atoms with E-state index < -0.39 is 5.60 Å². The van der Waals surface area contributed by atoms with Crippen molar-refractivity contribution < 1.29 is 9.90 Å². The van der Waals surface area contributed by atoms with E-state index in [0.29, 0.717) is 17.5 Å². The minimum absolute atomic E-state index is 0.214. The van der Waals surface area contributed by atoms with Gasteiger partial charge in [-0.05, 0) is 31.5 Å². The lowest BCUT2D eigenvalue weighted by atomic mass is 10.0. The fourth-order valence-electron chi connectivity index (χ4n) is 2.10. The molecule has 0 aliphatic rings. The molecule has 0 fully saturated rings. The van der Waals surface area contributed by atoms with E-state index in [1.165, 1.54) is 0 Å². The molecule has 2 aromatic rings. The lowest BCUT2D eigenvalue weighted by Crippen LogP contribution is -2.40. The molecule has 106 valence electrons. The first kappa shape index (κ1) is 14.4. The first-order chi connectivity index (χ1) is 9.52. The normalized spacial score (nSPS) is 13.9. The van der Waals surface area contributed by atoms with E-state index in [-0.39, 0.29) is 12.5 Å². The van der Waals surface area contributed by atoms with E-state index in [9.17, 15) is 9.90 Å². The van der Waals surface area contributed by atoms with Crippen molar-refractivity contribution >= 4 is 16.9 Å². The standard InChI is InChI=1S/C15H19N3O2/c1-3-6-15(2,20)10-18-14(19)11-4-5-12-13(9-11)17-8-7-16-12/h4-5,7-9,20H,3,6,10H2,1-2H3,(H,18,19). The van der Waals surface area contributed by atoms with Crippen LogP contribution in [0, 0.1) is 0 Å². The maximum Gasteiger partial charge on any atom is 0.251 e. The third-order valence-corrected chi connectivity index (χ3v) is 3.15. The topological polar surface area (TPSA) is 75.1 Å². The van der Waals surface area contributed by atoms with Crippen molar-refractivity contribution in [3.8, 4) is 0 Å². The molecule has 0 radical (unpaired) electrons. The number of benzene rings is 1. The molecule has 1 amide bonds. The Labute approximate surface area is 118 Å². The van der Waals surface area contributed by atoms with Gasteiger partial charge in [0.15, 0.2) is 0 Å². The number of nitrogens with one attached hydrogen (secondary N) is 1. The summed E-state index contributed by atoms with van der Waals surface area (Å²) < 4.78 is 0. The van der Waals surface area contributed by atoms with Gasteiger partial charge in [0.25, 0.3) is 5.91 Å². The summed E-state index contributed by atoms with van der Waals surface area (Å²) in [5, 5.41) is 12.8. The molecule has 1 heterocycles. The third kappa shape index (κ3) is 3.51. The summed E-state index contributed by atoms with van der Waals surface area (Å²) >= 11 is 0. The smallest absolute Gasteiger partial charge is 0.251 e. The molecule has 0 bridgehead atoms. The number of hydrogen-bond donors (Lipinski definition) is 2. The summed E-state index contributed by atoms with van der Waals surface area (Å²) in [6, 6.07) is 5.18. The summed E-state index contributed by atoms with van der Waals surface area (Å²) in [4.78, 5) is 20.4. The summed E-state index contributed by atoms with van der Waals surface area (Å²) in [5.74, 6) is -0.214. The number of aromatic nitrogens is 2. The quantitative estimate of drug-likeness (QED) is 0.872. The van der Waals surface area contributed by atoms with E-state index in [1.54, 1.807) is 37.5 Å². The predicted molar refractivity (Wildman–Crippen MR) is 77.4 cm³/mol. The summed E-state index contributed by atoms with van der Waals surface area (Å²) in [5.41, 5.74) is 1.08. The van der Waals surface area contributed by atoms with Crippen molar-refractivity contribution in [1.29, 1.82) is 0 Å². The van der Waals surface area contributed by atoms with Crippen molar-refractivity contribution in [2.45, 2.75) is 32.3 Å². The van der Waals surface area contributed by atoms with Gasteiger partial charge < -0.3 is 10.4 Å². The molecule has 1 unspecified atom stereocenters. The van der Waals surface area contributed by atoms with Crippen molar-refractivity contribution in [3.63, 3.8) is 0 Å². The second kappa shape index (κ2) is 5.96. The Hall–Kier alpha value is -2.01. The summed E-state index contributed by atoms with van der Waals surface area (Å²) in [6.07, 6.45) is 4.73. The van der Waals surface area contributed by atoms with Crippen LogP contribution in [-0.2, 0) is 0 Å². The molecule has 0 aliphatic carbocycles. The zero-order chi connectivity index (χ0) is 14.6. The monoisotopic (exact) mass is 273 g/mol. The fraction of sp³-hybridized carbons (Fsp3) is 0.400. The van der Waals surface area contributed by atoms with E-state index in [1.807, 2.05) is 6.92 Å². The largest absolute Gasteiger partial charge is 0.388 e. The van der Waals surface area contributed by atoms with Crippen LogP contribution in [0.4, 0.5) is 0 Å². The molecule has 0 saturated heterocycles. The summed E-state index contributed by atoms with van der Waals surface area (Å²) in [7, 11) is 0. The predicted octanol–water partition coefficient (Wildman–Crippen LogP) is 1.91. The Morgan fingerprint density at radius 2 is 2.00 bits per heavy atom. The Morgan fingerprint density at radius 3 is 2.70 bits per heavy atom. The number of fused-ring (bicyclic) bond motifs is 1. The van der Waals surface area contributed by atoms with Crippen LogP contribution in [0.2, 0.25) is 0 Å². The van der Waals surface area contributed by atoms with E-state index >= 15 is 0 Å². The molecule has 5 nitrogen and oxygen atoms in total. The lowest BCUT2D eigenvalue weighted by Gasteiger charge is -2.22. The zero-order valence-corrected chi connectivity index (χ0v) is 11.8. The van der Waals surface area contributed by atoms with Gasteiger partial charge in [-0.15, -0.1) is 0 Å². The van der Waals surface area contributed by atoms with Gasteiger partial charge in [-0.3, -0.25) is 14.8 Å². The Bertz CT molecular complexity index is 611. The number of nitrogens with zero attached hydrogens (tertiary/aromatic N) is 2. The van der Waals surface area contributed by atoms with E-state index in [4.69, 9.17) is 0 Å². The van der Waals surface area contributed by atoms with Crippen LogP contribution in [0.15, 0.2) is 30.6 Å². The van der Waals surface area contributed by atoms with Gasteiger partial charge in [0.1, 0.15) is 0 Å². The van der Waals surface area contributed by atoms with Gasteiger partial charge in [0.05, 0.1) is 16.6 Å². The highest BCUT2D eigenvalue weighted by molar-refractivity contribution is 5.97. The minimum Gasteiger partial charge on any atom is -0.388 e. The Balaban J connectivity index is 2.08. The molecule has 1 atom stereocenters. The van der Waals surface area contributed by atoms with Crippen LogP contribution in [0.3, 0.4) is 0 Å². The molecule has 0 saturated carbocycles. The van der Waals surface area contributed by atoms with Gasteiger partial charge in [0, 0.05) is 24.5 Å². The average molecular weight is 273 g/mol. The van der Waals surface area contributed by atoms with Crippen LogP contribution in [-0.4, -0.2) is 33.1 Å². The van der Waals surface area contributed by atoms with E-state index in [2.05, 4.69) is 15.3 Å². The second-order valence-electron chi connectivity index (χ2n) is 5.19. The molecule has 1 aromatic carbocycles. The lowest BCUT2D eigenvalue weighted by molar-refractivity contribution is 0.0469. The number of amides is 1. The van der Waals surface area contributed by atoms with Gasteiger partial charge in [-0.25, -0.2) is 0 Å². The molecular formula is C15H19N3O2. The highest BCUT2D eigenvalue weighted by Crippen LogP contribution is 2.13. The fourth-order valence-corrected chi connectivity index (χ4v) is 2.10. The van der Waals surface area contributed by atoms with E-state index in [0.717, 1.165) is 11.9 Å². The van der Waals surface area contributed by atoms with Gasteiger partial charge in [-0.2, -0.15) is 0 Å². The number of aliphatic hydroxyl groups is 1. The van der Waals surface area contributed by atoms with Gasteiger partial charge in [-0.1, -0.05) is 13.3 Å². The molecule has 2 rings (SSSR count). The number of rotatable bonds is 5. The number of carbonyl (C=O) groups excluding carboxylic acids is 1. The van der Waals surface area contributed by atoms with Crippen LogP contribution < -0.4 is 5.32 Å². The molecular weight excluding hydrogens is 254 g/mol. The maximum absolute atomic E-state index is 12.1. The highest BCUT2D eigenvalue weighted by atomic mass is 16.3. The van der Waals surface area contributed by atoms with Crippen LogP contribution in [0.1, 0.15) is 37.0 Å². The Kier molecular flexibility index (Phi) is 4.29. The van der Waals surface area contributed by atoms with Crippen molar-refractivity contribution in [2.24, 2.45) is 0 Å². The van der Waals surface area contributed by atoms with Gasteiger partial charge >= 0.3 is 0 Å². The highest BCUT2D eigenvalue weighted by Gasteiger charge is 2.20. The van der Waals surface area contributed by atoms with Crippen molar-refractivity contribution in [1.82, 2.24) is 15.3 Å². The van der Waals surface area contributed by atoms with Crippen LogP contribution in [0.5, 0.6) is 0 Å². The first-order valence-corrected chi connectivity index (χ1v) is 6.73. The molecule has 5 heteroatoms. The van der Waals surface area contributed by atoms with Crippen molar-refractivity contribution in [3.05, 3.63) is 36.2 Å². The van der Waals surface area contributed by atoms with Crippen LogP contribution in [0.25, 0.3) is 11.0 Å². The molecule has 0 spiro atoms. The van der Waals surface area contributed by atoms with Crippen molar-refractivity contribution in [2.75, 3.05) is 6.54 Å². The second-order valence-corrected chi connectivity index (χ2v) is 5.19. The Morgan fingerprint density at radius 1 is 1.30 bits per heavy atom. The maximum atomic E-state index is 12.1. The molecule has 2 N–H and O–H groups in total. The molecule has 1 aromatic heterocycles. The SMILES string of the molecule is CCCC(C)(O)CNC(=O)c1ccc2nccnc2c1. The van der Waals surface area contributed by atoms with Crippen LogP contribution >= 0.6 is 0 Å². The number of carbonyl (C=O) groups is 1. The third-order valence-electron chi connectivity index (χ3n) is 3.15. The summed E-state index contributed by atoms with van der Waals surface area (Å²) in [6.45, 7) is 3.96. The first-order valence-electron chi connectivity index (χ1n) is 6.73. The average Bonchev–Trinajstić information content (AvgIpc) is 2.44. The zero-order valence-electron chi connectivity index (χ0n) is 11.8. The minimum atomic E-state index is -0.874. The van der Waals surface area contributed by atoms with Gasteiger partial charge in [0.2, 0.25) is 0 Å². The number of hydrogen-bond acceptors (Lipinski definition) is 4. The molecule has 20 heavy (non-hydrogen) atoms.